The molecule has 0 fully saturated rings. The molecule has 172 valence electrons. The highest BCUT2D eigenvalue weighted by Gasteiger charge is 2.22. The zero-order valence-electron chi connectivity index (χ0n) is 19.0. The monoisotopic (exact) mass is 472 g/mol. The van der Waals surface area contributed by atoms with Gasteiger partial charge in [-0.05, 0) is 37.1 Å². The molecule has 6 nitrogen and oxygen atoms in total. The van der Waals surface area contributed by atoms with Crippen LogP contribution in [0.1, 0.15) is 50.5 Å². The molecule has 2 N–H and O–H groups in total. The summed E-state index contributed by atoms with van der Waals surface area (Å²) < 4.78 is 1.60. The Kier molecular flexibility index (Phi) is 7.09. The SMILES string of the molecule is Cc1nn(Cc2ccccc2)c(Cl)c1C(=O)Nc1ccccc1C(=O)NC(C)c1ccccc1. The largest absolute Gasteiger partial charge is 0.345 e. The molecular weight excluding hydrogens is 448 g/mol. The molecule has 3 aromatic carbocycles. The van der Waals surface area contributed by atoms with E-state index in [0.29, 0.717) is 23.5 Å². The quantitative estimate of drug-likeness (QED) is 0.365. The molecule has 4 rings (SSSR count). The van der Waals surface area contributed by atoms with Gasteiger partial charge in [0.1, 0.15) is 5.15 Å². The number of aryl methyl sites for hydroxylation is 1. The maximum Gasteiger partial charge on any atom is 0.260 e. The van der Waals surface area contributed by atoms with E-state index < -0.39 is 5.91 Å². The van der Waals surface area contributed by atoms with Crippen molar-refractivity contribution in [2.24, 2.45) is 0 Å². The summed E-state index contributed by atoms with van der Waals surface area (Å²) in [5.74, 6) is -0.701. The Bertz CT molecular complexity index is 1300. The van der Waals surface area contributed by atoms with Crippen molar-refractivity contribution in [1.29, 1.82) is 0 Å². The van der Waals surface area contributed by atoms with Crippen molar-refractivity contribution >= 4 is 29.1 Å². The first-order valence-electron chi connectivity index (χ1n) is 11.0. The summed E-state index contributed by atoms with van der Waals surface area (Å²) in [7, 11) is 0. The van der Waals surface area contributed by atoms with Gasteiger partial charge >= 0.3 is 0 Å². The molecule has 0 aliphatic carbocycles. The third-order valence-corrected chi connectivity index (χ3v) is 5.92. The van der Waals surface area contributed by atoms with Crippen LogP contribution in [0.25, 0.3) is 0 Å². The molecule has 0 spiro atoms. The maximum absolute atomic E-state index is 13.2. The van der Waals surface area contributed by atoms with Crippen molar-refractivity contribution in [1.82, 2.24) is 15.1 Å². The van der Waals surface area contributed by atoms with Crippen molar-refractivity contribution in [3.05, 3.63) is 118 Å². The molecule has 2 amide bonds. The van der Waals surface area contributed by atoms with Gasteiger partial charge in [0.25, 0.3) is 11.8 Å². The highest BCUT2D eigenvalue weighted by Crippen LogP contribution is 2.24. The lowest BCUT2D eigenvalue weighted by atomic mass is 10.1. The van der Waals surface area contributed by atoms with E-state index in [1.165, 1.54) is 0 Å². The third-order valence-electron chi connectivity index (χ3n) is 5.53. The van der Waals surface area contributed by atoms with Gasteiger partial charge in [0.2, 0.25) is 0 Å². The molecule has 0 aliphatic heterocycles. The second kappa shape index (κ2) is 10.4. The first kappa shape index (κ1) is 23.3. The molecule has 1 aromatic heterocycles. The van der Waals surface area contributed by atoms with E-state index in [9.17, 15) is 9.59 Å². The Morgan fingerprint density at radius 3 is 2.24 bits per heavy atom. The lowest BCUT2D eigenvalue weighted by Crippen LogP contribution is -2.28. The fourth-order valence-corrected chi connectivity index (χ4v) is 4.07. The number of hydrogen-bond donors (Lipinski definition) is 2. The van der Waals surface area contributed by atoms with Crippen LogP contribution in [0, 0.1) is 6.92 Å². The van der Waals surface area contributed by atoms with Gasteiger partial charge < -0.3 is 10.6 Å². The van der Waals surface area contributed by atoms with Gasteiger partial charge in [-0.15, -0.1) is 0 Å². The Morgan fingerprint density at radius 1 is 0.912 bits per heavy atom. The number of benzene rings is 3. The van der Waals surface area contributed by atoms with Gasteiger partial charge in [-0.2, -0.15) is 5.10 Å². The normalized spacial score (nSPS) is 11.6. The van der Waals surface area contributed by atoms with Crippen molar-refractivity contribution in [3.63, 3.8) is 0 Å². The van der Waals surface area contributed by atoms with Crippen LogP contribution in [-0.4, -0.2) is 21.6 Å². The number of amides is 2. The number of nitrogens with zero attached hydrogens (tertiary/aromatic N) is 2. The lowest BCUT2D eigenvalue weighted by Gasteiger charge is -2.16. The molecule has 1 unspecified atom stereocenters. The number of hydrogen-bond acceptors (Lipinski definition) is 3. The first-order chi connectivity index (χ1) is 16.4. The summed E-state index contributed by atoms with van der Waals surface area (Å²) in [5, 5.41) is 10.5. The number of halogens is 1. The van der Waals surface area contributed by atoms with Crippen LogP contribution in [0.15, 0.2) is 84.9 Å². The van der Waals surface area contributed by atoms with E-state index >= 15 is 0 Å². The summed E-state index contributed by atoms with van der Waals surface area (Å²) in [5.41, 5.74) is 3.57. The van der Waals surface area contributed by atoms with Crippen LogP contribution in [-0.2, 0) is 6.54 Å². The molecule has 0 bridgehead atoms. The number of carbonyl (C=O) groups excluding carboxylic acids is 2. The minimum absolute atomic E-state index is 0.189. The molecule has 1 heterocycles. The minimum Gasteiger partial charge on any atom is -0.345 e. The van der Waals surface area contributed by atoms with Crippen molar-refractivity contribution < 1.29 is 9.59 Å². The Labute approximate surface area is 203 Å². The van der Waals surface area contributed by atoms with E-state index in [1.807, 2.05) is 67.6 Å². The third kappa shape index (κ3) is 5.18. The summed E-state index contributed by atoms with van der Waals surface area (Å²) in [4.78, 5) is 26.2. The second-order valence-electron chi connectivity index (χ2n) is 8.00. The Hall–Kier alpha value is -3.90. The molecular formula is C27H25ClN4O2. The van der Waals surface area contributed by atoms with Crippen molar-refractivity contribution in [2.75, 3.05) is 5.32 Å². The molecule has 0 aliphatic rings. The maximum atomic E-state index is 13.2. The van der Waals surface area contributed by atoms with Crippen LogP contribution < -0.4 is 10.6 Å². The summed E-state index contributed by atoms with van der Waals surface area (Å²) in [6.45, 7) is 4.10. The average molecular weight is 473 g/mol. The molecule has 1 atom stereocenters. The number of aromatic nitrogens is 2. The Balaban J connectivity index is 1.53. The summed E-state index contributed by atoms with van der Waals surface area (Å²) >= 11 is 6.54. The predicted octanol–water partition coefficient (Wildman–Crippen LogP) is 5.64. The number of para-hydroxylation sites is 1. The topological polar surface area (TPSA) is 76.0 Å². The van der Waals surface area contributed by atoms with Crippen LogP contribution in [0.5, 0.6) is 0 Å². The van der Waals surface area contributed by atoms with Crippen LogP contribution in [0.2, 0.25) is 5.15 Å². The minimum atomic E-state index is -0.418. The van der Waals surface area contributed by atoms with E-state index in [4.69, 9.17) is 11.6 Å². The van der Waals surface area contributed by atoms with Crippen LogP contribution >= 0.6 is 11.6 Å². The number of nitrogens with one attached hydrogen (secondary N) is 2. The van der Waals surface area contributed by atoms with Crippen molar-refractivity contribution in [3.8, 4) is 0 Å². The lowest BCUT2D eigenvalue weighted by molar-refractivity contribution is 0.0940. The van der Waals surface area contributed by atoms with Crippen LogP contribution in [0.3, 0.4) is 0 Å². The van der Waals surface area contributed by atoms with Crippen molar-refractivity contribution in [2.45, 2.75) is 26.4 Å². The van der Waals surface area contributed by atoms with E-state index in [0.717, 1.165) is 11.1 Å². The summed E-state index contributed by atoms with van der Waals surface area (Å²) in [6.07, 6.45) is 0. The average Bonchev–Trinajstić information content (AvgIpc) is 3.13. The van der Waals surface area contributed by atoms with E-state index in [2.05, 4.69) is 15.7 Å². The van der Waals surface area contributed by atoms with Gasteiger partial charge in [0.15, 0.2) is 0 Å². The molecule has 0 saturated heterocycles. The van der Waals surface area contributed by atoms with Gasteiger partial charge in [0.05, 0.1) is 35.1 Å². The zero-order chi connectivity index (χ0) is 24.1. The predicted molar refractivity (Wildman–Crippen MR) is 134 cm³/mol. The zero-order valence-corrected chi connectivity index (χ0v) is 19.7. The Morgan fingerprint density at radius 2 is 1.53 bits per heavy atom. The number of carbonyl (C=O) groups is 2. The first-order valence-corrected chi connectivity index (χ1v) is 11.3. The molecule has 7 heteroatoms. The van der Waals surface area contributed by atoms with E-state index in [1.54, 1.807) is 35.9 Å². The summed E-state index contributed by atoms with van der Waals surface area (Å²) in [6, 6.07) is 26.1. The fourth-order valence-electron chi connectivity index (χ4n) is 3.75. The standard InChI is InChI=1S/C27H25ClN4O2/c1-18(21-13-7-4-8-14-21)29-26(33)22-15-9-10-16-23(22)30-27(34)24-19(2)31-32(25(24)28)17-20-11-5-3-6-12-20/h3-16,18H,17H2,1-2H3,(H,29,33)(H,30,34). The van der Waals surface area contributed by atoms with Gasteiger partial charge in [-0.3, -0.25) is 9.59 Å². The van der Waals surface area contributed by atoms with Gasteiger partial charge in [-0.25, -0.2) is 4.68 Å². The van der Waals surface area contributed by atoms with E-state index in [-0.39, 0.29) is 22.7 Å². The molecule has 4 aromatic rings. The number of anilines is 1. The highest BCUT2D eigenvalue weighted by molar-refractivity contribution is 6.33. The molecule has 34 heavy (non-hydrogen) atoms. The van der Waals surface area contributed by atoms with Gasteiger partial charge in [-0.1, -0.05) is 84.4 Å². The second-order valence-corrected chi connectivity index (χ2v) is 8.36. The number of rotatable bonds is 7. The smallest absolute Gasteiger partial charge is 0.260 e. The van der Waals surface area contributed by atoms with Crippen LogP contribution in [0.4, 0.5) is 5.69 Å². The van der Waals surface area contributed by atoms with Gasteiger partial charge in [0, 0.05) is 0 Å². The molecule has 0 radical (unpaired) electrons. The fraction of sp³-hybridized carbons (Fsp3) is 0.148. The molecule has 0 saturated carbocycles. The highest BCUT2D eigenvalue weighted by atomic mass is 35.5.